The van der Waals surface area contributed by atoms with Crippen molar-refractivity contribution in [1.29, 1.82) is 0 Å². The van der Waals surface area contributed by atoms with Gasteiger partial charge in [-0.05, 0) is 29.2 Å². The van der Waals surface area contributed by atoms with Crippen molar-refractivity contribution < 1.29 is 14.3 Å². The highest BCUT2D eigenvalue weighted by molar-refractivity contribution is 5.79. The SMILES string of the molecule is CCC1CCCCC1OCC(=O)N1CCN(C(=O)Cn2cnnn2)CC1. The van der Waals surface area contributed by atoms with E-state index in [1.54, 1.807) is 9.80 Å². The molecular weight excluding hydrogens is 336 g/mol. The maximum atomic E-state index is 12.4. The minimum absolute atomic E-state index is 0.0259. The quantitative estimate of drug-likeness (QED) is 0.722. The fourth-order valence-electron chi connectivity index (χ4n) is 3.83. The van der Waals surface area contributed by atoms with E-state index in [2.05, 4.69) is 22.4 Å². The summed E-state index contributed by atoms with van der Waals surface area (Å²) < 4.78 is 7.35. The smallest absolute Gasteiger partial charge is 0.248 e. The summed E-state index contributed by atoms with van der Waals surface area (Å²) in [5.41, 5.74) is 0. The average molecular weight is 364 g/mol. The molecule has 2 heterocycles. The lowest BCUT2D eigenvalue weighted by Crippen LogP contribution is -2.52. The Kier molecular flexibility index (Phi) is 6.54. The molecule has 1 aliphatic heterocycles. The Labute approximate surface area is 153 Å². The highest BCUT2D eigenvalue weighted by Crippen LogP contribution is 2.29. The molecule has 2 aliphatic rings. The molecule has 9 nitrogen and oxygen atoms in total. The zero-order valence-corrected chi connectivity index (χ0v) is 15.4. The van der Waals surface area contributed by atoms with Gasteiger partial charge in [0.05, 0.1) is 6.10 Å². The van der Waals surface area contributed by atoms with Crippen LogP contribution in [0.2, 0.25) is 0 Å². The van der Waals surface area contributed by atoms with Gasteiger partial charge in [0, 0.05) is 26.2 Å². The molecule has 0 aromatic carbocycles. The first-order chi connectivity index (χ1) is 12.7. The van der Waals surface area contributed by atoms with Gasteiger partial charge in [0.15, 0.2) is 0 Å². The van der Waals surface area contributed by atoms with Gasteiger partial charge in [-0.1, -0.05) is 26.2 Å². The van der Waals surface area contributed by atoms with E-state index >= 15 is 0 Å². The molecule has 0 bridgehead atoms. The van der Waals surface area contributed by atoms with Crippen molar-refractivity contribution in [3.63, 3.8) is 0 Å². The Morgan fingerprint density at radius 3 is 2.42 bits per heavy atom. The number of carbonyl (C=O) groups is 2. The lowest BCUT2D eigenvalue weighted by molar-refractivity contribution is -0.145. The van der Waals surface area contributed by atoms with E-state index in [1.807, 2.05) is 0 Å². The van der Waals surface area contributed by atoms with Gasteiger partial charge in [-0.25, -0.2) is 4.68 Å². The number of aromatic nitrogens is 4. The predicted octanol–water partition coefficient (Wildman–Crippen LogP) is 0.329. The van der Waals surface area contributed by atoms with Crippen LogP contribution in [0, 0.1) is 5.92 Å². The molecule has 2 unspecified atom stereocenters. The van der Waals surface area contributed by atoms with Gasteiger partial charge >= 0.3 is 0 Å². The highest BCUT2D eigenvalue weighted by Gasteiger charge is 2.28. The summed E-state index contributed by atoms with van der Waals surface area (Å²) in [7, 11) is 0. The second-order valence-corrected chi connectivity index (χ2v) is 7.07. The van der Waals surface area contributed by atoms with E-state index in [4.69, 9.17) is 4.74 Å². The number of amides is 2. The summed E-state index contributed by atoms with van der Waals surface area (Å²) in [6.07, 6.45) is 7.48. The normalized spacial score (nSPS) is 23.9. The first-order valence-electron chi connectivity index (χ1n) is 9.55. The Hall–Kier alpha value is -2.03. The summed E-state index contributed by atoms with van der Waals surface area (Å²) in [6.45, 7) is 4.64. The fourth-order valence-corrected chi connectivity index (χ4v) is 3.83. The van der Waals surface area contributed by atoms with E-state index in [0.717, 1.165) is 12.8 Å². The zero-order valence-electron chi connectivity index (χ0n) is 15.4. The van der Waals surface area contributed by atoms with Crippen LogP contribution in [0.3, 0.4) is 0 Å². The van der Waals surface area contributed by atoms with Gasteiger partial charge in [-0.2, -0.15) is 0 Å². The van der Waals surface area contributed by atoms with Crippen LogP contribution in [0.4, 0.5) is 0 Å². The predicted molar refractivity (Wildman–Crippen MR) is 93.0 cm³/mol. The number of nitrogens with zero attached hydrogens (tertiary/aromatic N) is 6. The van der Waals surface area contributed by atoms with Gasteiger partial charge in [0.25, 0.3) is 0 Å². The number of tetrazole rings is 1. The third-order valence-corrected chi connectivity index (χ3v) is 5.46. The molecule has 1 aromatic rings. The number of hydrogen-bond acceptors (Lipinski definition) is 6. The highest BCUT2D eigenvalue weighted by atomic mass is 16.5. The lowest BCUT2D eigenvalue weighted by Gasteiger charge is -2.35. The van der Waals surface area contributed by atoms with Gasteiger partial charge in [0.1, 0.15) is 19.5 Å². The summed E-state index contributed by atoms with van der Waals surface area (Å²) in [5, 5.41) is 10.7. The second-order valence-electron chi connectivity index (χ2n) is 7.07. The van der Waals surface area contributed by atoms with Gasteiger partial charge in [0.2, 0.25) is 11.8 Å². The molecule has 1 saturated carbocycles. The van der Waals surface area contributed by atoms with Crippen LogP contribution < -0.4 is 0 Å². The number of carbonyl (C=O) groups excluding carboxylic acids is 2. The summed E-state index contributed by atoms with van der Waals surface area (Å²) in [6, 6.07) is 0. The summed E-state index contributed by atoms with van der Waals surface area (Å²) in [5.74, 6) is 0.573. The molecule has 0 N–H and O–H groups in total. The van der Waals surface area contributed by atoms with E-state index in [-0.39, 0.29) is 31.1 Å². The number of rotatable bonds is 6. The molecule has 144 valence electrons. The molecule has 0 radical (unpaired) electrons. The van der Waals surface area contributed by atoms with Gasteiger partial charge < -0.3 is 14.5 Å². The molecule has 3 rings (SSSR count). The van der Waals surface area contributed by atoms with Gasteiger partial charge in [-0.15, -0.1) is 5.10 Å². The van der Waals surface area contributed by atoms with Crippen LogP contribution in [-0.2, 0) is 20.9 Å². The molecule has 2 fully saturated rings. The standard InChI is InChI=1S/C17H28N6O3/c1-2-14-5-3-4-6-15(14)26-12-17(25)22-9-7-21(8-10-22)16(24)11-23-13-18-19-20-23/h13-15H,2-12H2,1H3. The third-order valence-electron chi connectivity index (χ3n) is 5.46. The van der Waals surface area contributed by atoms with Crippen LogP contribution in [-0.4, -0.2) is 80.7 Å². The van der Waals surface area contributed by atoms with Crippen molar-refractivity contribution in [1.82, 2.24) is 30.0 Å². The Bertz CT molecular complexity index is 585. The lowest BCUT2D eigenvalue weighted by atomic mass is 9.85. The van der Waals surface area contributed by atoms with Crippen molar-refractivity contribution in [2.75, 3.05) is 32.8 Å². The Morgan fingerprint density at radius 1 is 1.08 bits per heavy atom. The van der Waals surface area contributed by atoms with Crippen LogP contribution in [0.1, 0.15) is 39.0 Å². The van der Waals surface area contributed by atoms with Crippen LogP contribution >= 0.6 is 0 Å². The minimum Gasteiger partial charge on any atom is -0.368 e. The summed E-state index contributed by atoms with van der Waals surface area (Å²) >= 11 is 0. The average Bonchev–Trinajstić information content (AvgIpc) is 3.19. The molecule has 9 heteroatoms. The van der Waals surface area contributed by atoms with Crippen LogP contribution in [0.25, 0.3) is 0 Å². The van der Waals surface area contributed by atoms with Crippen LogP contribution in [0.15, 0.2) is 6.33 Å². The first-order valence-corrected chi connectivity index (χ1v) is 9.55. The zero-order chi connectivity index (χ0) is 18.4. The molecule has 1 saturated heterocycles. The fraction of sp³-hybridized carbons (Fsp3) is 0.824. The van der Waals surface area contributed by atoms with E-state index in [9.17, 15) is 9.59 Å². The van der Waals surface area contributed by atoms with E-state index in [0.29, 0.717) is 32.1 Å². The van der Waals surface area contributed by atoms with Crippen molar-refractivity contribution in [2.45, 2.75) is 51.7 Å². The second kappa shape index (κ2) is 9.07. The number of hydrogen-bond donors (Lipinski definition) is 0. The van der Waals surface area contributed by atoms with E-state index in [1.165, 1.54) is 30.3 Å². The monoisotopic (exact) mass is 364 g/mol. The Morgan fingerprint density at radius 2 is 1.77 bits per heavy atom. The van der Waals surface area contributed by atoms with Gasteiger partial charge in [-0.3, -0.25) is 9.59 Å². The number of piperazine rings is 1. The molecule has 1 aromatic heterocycles. The molecule has 1 aliphatic carbocycles. The maximum Gasteiger partial charge on any atom is 0.248 e. The topological polar surface area (TPSA) is 93.5 Å². The van der Waals surface area contributed by atoms with Crippen molar-refractivity contribution in [2.24, 2.45) is 5.92 Å². The molecule has 2 amide bonds. The molecule has 0 spiro atoms. The first kappa shape index (κ1) is 18.8. The largest absolute Gasteiger partial charge is 0.368 e. The third kappa shape index (κ3) is 4.78. The minimum atomic E-state index is -0.0337. The summed E-state index contributed by atoms with van der Waals surface area (Å²) in [4.78, 5) is 28.2. The molecule has 2 atom stereocenters. The Balaban J connectivity index is 1.39. The maximum absolute atomic E-state index is 12.4. The van der Waals surface area contributed by atoms with Crippen molar-refractivity contribution in [3.05, 3.63) is 6.33 Å². The van der Waals surface area contributed by atoms with E-state index < -0.39 is 0 Å². The molecular formula is C17H28N6O3. The number of ether oxygens (including phenoxy) is 1. The van der Waals surface area contributed by atoms with Crippen molar-refractivity contribution >= 4 is 11.8 Å². The van der Waals surface area contributed by atoms with Crippen LogP contribution in [0.5, 0.6) is 0 Å². The molecule has 26 heavy (non-hydrogen) atoms. The van der Waals surface area contributed by atoms with Crippen molar-refractivity contribution in [3.8, 4) is 0 Å².